The zero-order valence-electron chi connectivity index (χ0n) is 11.5. The first kappa shape index (κ1) is 16.2. The third-order valence-electron chi connectivity index (χ3n) is 2.94. The van der Waals surface area contributed by atoms with Gasteiger partial charge in [0, 0.05) is 19.7 Å². The van der Waals surface area contributed by atoms with Gasteiger partial charge < -0.3 is 25.8 Å². The molecule has 0 bridgehead atoms. The summed E-state index contributed by atoms with van der Waals surface area (Å²) in [6.45, 7) is 0.628. The van der Waals surface area contributed by atoms with Crippen LogP contribution in [-0.2, 0) is 14.3 Å². The van der Waals surface area contributed by atoms with E-state index in [-0.39, 0.29) is 30.8 Å². The van der Waals surface area contributed by atoms with Gasteiger partial charge in [0.05, 0.1) is 19.6 Å². The zero-order valence-corrected chi connectivity index (χ0v) is 11.5. The number of amides is 3. The van der Waals surface area contributed by atoms with Crippen LogP contribution in [0, 0.1) is 5.92 Å². The van der Waals surface area contributed by atoms with Gasteiger partial charge in [0.2, 0.25) is 5.91 Å². The molecule has 8 heteroatoms. The van der Waals surface area contributed by atoms with Crippen molar-refractivity contribution in [3.05, 3.63) is 0 Å². The minimum Gasteiger partial charge on any atom is -0.481 e. The van der Waals surface area contributed by atoms with E-state index >= 15 is 0 Å². The van der Waals surface area contributed by atoms with Crippen molar-refractivity contribution in [1.82, 2.24) is 16.0 Å². The number of urea groups is 1. The normalized spacial score (nSPS) is 15.2. The third-order valence-corrected chi connectivity index (χ3v) is 2.94. The molecule has 0 aromatic carbocycles. The van der Waals surface area contributed by atoms with Gasteiger partial charge in [-0.1, -0.05) is 0 Å². The molecule has 1 aliphatic rings. The average molecular weight is 287 g/mol. The van der Waals surface area contributed by atoms with E-state index in [1.54, 1.807) is 0 Å². The maximum atomic E-state index is 11.6. The lowest BCUT2D eigenvalue weighted by atomic mass is 10.1. The minimum atomic E-state index is -0.945. The Morgan fingerprint density at radius 1 is 1.30 bits per heavy atom. The molecule has 20 heavy (non-hydrogen) atoms. The van der Waals surface area contributed by atoms with Crippen LogP contribution in [0.5, 0.6) is 0 Å². The highest BCUT2D eigenvalue weighted by Gasteiger charge is 2.33. The maximum absolute atomic E-state index is 11.6. The number of ether oxygens (including phenoxy) is 1. The van der Waals surface area contributed by atoms with Gasteiger partial charge in [-0.2, -0.15) is 0 Å². The first-order chi connectivity index (χ1) is 9.52. The fourth-order valence-corrected chi connectivity index (χ4v) is 1.76. The SMILES string of the molecule is COCCNC(=O)CNC(=O)NC(CC(=O)O)C1CC1. The molecular weight excluding hydrogens is 266 g/mol. The van der Waals surface area contributed by atoms with Crippen LogP contribution in [0.2, 0.25) is 0 Å². The summed E-state index contributed by atoms with van der Waals surface area (Å²) >= 11 is 0. The van der Waals surface area contributed by atoms with E-state index in [1.165, 1.54) is 7.11 Å². The van der Waals surface area contributed by atoms with E-state index in [0.717, 1.165) is 12.8 Å². The summed E-state index contributed by atoms with van der Waals surface area (Å²) < 4.78 is 4.77. The lowest BCUT2D eigenvalue weighted by Gasteiger charge is -2.16. The summed E-state index contributed by atoms with van der Waals surface area (Å²) in [6, 6.07) is -0.894. The average Bonchev–Trinajstić information content (AvgIpc) is 3.19. The number of carboxylic acid groups (broad SMARTS) is 1. The number of rotatable bonds is 9. The Kier molecular flexibility index (Phi) is 6.78. The van der Waals surface area contributed by atoms with Gasteiger partial charge in [0.15, 0.2) is 0 Å². The second kappa shape index (κ2) is 8.36. The minimum absolute atomic E-state index is 0.0991. The monoisotopic (exact) mass is 287 g/mol. The van der Waals surface area contributed by atoms with Crippen molar-refractivity contribution in [2.24, 2.45) is 5.92 Å². The highest BCUT2D eigenvalue weighted by Crippen LogP contribution is 2.33. The Hall–Kier alpha value is -1.83. The molecular formula is C12H21N3O5. The van der Waals surface area contributed by atoms with E-state index in [9.17, 15) is 14.4 Å². The zero-order chi connectivity index (χ0) is 15.0. The molecule has 0 heterocycles. The molecule has 1 aliphatic carbocycles. The predicted molar refractivity (Wildman–Crippen MR) is 70.2 cm³/mol. The van der Waals surface area contributed by atoms with Crippen molar-refractivity contribution in [3.8, 4) is 0 Å². The van der Waals surface area contributed by atoms with Crippen molar-refractivity contribution < 1.29 is 24.2 Å². The summed E-state index contributed by atoms with van der Waals surface area (Å²) in [7, 11) is 1.53. The van der Waals surface area contributed by atoms with Crippen molar-refractivity contribution >= 4 is 17.9 Å². The summed E-state index contributed by atoms with van der Waals surface area (Å²) in [5.41, 5.74) is 0. The lowest BCUT2D eigenvalue weighted by Crippen LogP contribution is -2.47. The van der Waals surface area contributed by atoms with Crippen LogP contribution in [0.1, 0.15) is 19.3 Å². The van der Waals surface area contributed by atoms with Crippen molar-refractivity contribution in [3.63, 3.8) is 0 Å². The first-order valence-electron chi connectivity index (χ1n) is 6.54. The quantitative estimate of drug-likeness (QED) is 0.418. The van der Waals surface area contributed by atoms with Gasteiger partial charge >= 0.3 is 12.0 Å². The standard InChI is InChI=1S/C12H21N3O5/c1-20-5-4-13-10(16)7-14-12(19)15-9(6-11(17)18)8-2-3-8/h8-9H,2-7H2,1H3,(H,13,16)(H,17,18)(H2,14,15,19). The summed E-state index contributed by atoms with van der Waals surface area (Å²) in [4.78, 5) is 33.6. The van der Waals surface area contributed by atoms with Crippen LogP contribution in [0.3, 0.4) is 0 Å². The highest BCUT2D eigenvalue weighted by atomic mass is 16.5. The number of carbonyl (C=O) groups is 3. The van der Waals surface area contributed by atoms with Crippen LogP contribution in [0.4, 0.5) is 4.79 Å². The molecule has 0 aromatic heterocycles. The fourth-order valence-electron chi connectivity index (χ4n) is 1.76. The van der Waals surface area contributed by atoms with E-state index < -0.39 is 12.0 Å². The molecule has 0 spiro atoms. The number of methoxy groups -OCH3 is 1. The van der Waals surface area contributed by atoms with Crippen LogP contribution in [0.15, 0.2) is 0 Å². The number of hydrogen-bond acceptors (Lipinski definition) is 4. The van der Waals surface area contributed by atoms with Gasteiger partial charge in [-0.05, 0) is 18.8 Å². The molecule has 1 saturated carbocycles. The van der Waals surface area contributed by atoms with Crippen LogP contribution >= 0.6 is 0 Å². The predicted octanol–water partition coefficient (Wildman–Crippen LogP) is -0.698. The van der Waals surface area contributed by atoms with Crippen molar-refractivity contribution in [2.45, 2.75) is 25.3 Å². The van der Waals surface area contributed by atoms with Crippen molar-refractivity contribution in [1.29, 1.82) is 0 Å². The summed E-state index contributed by atoms with van der Waals surface area (Å²) in [5.74, 6) is -1.04. The number of carboxylic acids is 1. The van der Waals surface area contributed by atoms with E-state index in [1.807, 2.05) is 0 Å². The Morgan fingerprint density at radius 3 is 2.55 bits per heavy atom. The molecule has 1 rings (SSSR count). The molecule has 1 unspecified atom stereocenters. The van der Waals surface area contributed by atoms with Gasteiger partial charge in [-0.3, -0.25) is 9.59 Å². The van der Waals surface area contributed by atoms with Crippen LogP contribution in [0.25, 0.3) is 0 Å². The molecule has 3 amide bonds. The maximum Gasteiger partial charge on any atom is 0.315 e. The Labute approximate surface area is 117 Å². The van der Waals surface area contributed by atoms with E-state index in [0.29, 0.717) is 13.2 Å². The topological polar surface area (TPSA) is 117 Å². The lowest BCUT2D eigenvalue weighted by molar-refractivity contribution is -0.137. The number of carbonyl (C=O) groups excluding carboxylic acids is 2. The van der Waals surface area contributed by atoms with Gasteiger partial charge in [-0.15, -0.1) is 0 Å². The number of aliphatic carboxylic acids is 1. The first-order valence-corrected chi connectivity index (χ1v) is 6.54. The van der Waals surface area contributed by atoms with Gasteiger partial charge in [0.25, 0.3) is 0 Å². The number of hydrogen-bond donors (Lipinski definition) is 4. The molecule has 0 saturated heterocycles. The highest BCUT2D eigenvalue weighted by molar-refractivity contribution is 5.84. The fraction of sp³-hybridized carbons (Fsp3) is 0.750. The largest absolute Gasteiger partial charge is 0.481 e. The molecule has 0 aliphatic heterocycles. The summed E-state index contributed by atoms with van der Waals surface area (Å²) in [5, 5.41) is 16.3. The molecule has 1 atom stereocenters. The second-order valence-corrected chi connectivity index (χ2v) is 4.71. The van der Waals surface area contributed by atoms with E-state index in [4.69, 9.17) is 9.84 Å². The van der Waals surface area contributed by atoms with Crippen LogP contribution in [-0.4, -0.2) is 55.9 Å². The molecule has 1 fully saturated rings. The Bertz CT molecular complexity index is 357. The van der Waals surface area contributed by atoms with Crippen LogP contribution < -0.4 is 16.0 Å². The second-order valence-electron chi connectivity index (χ2n) is 4.71. The third kappa shape index (κ3) is 6.93. The molecule has 0 radical (unpaired) electrons. The molecule has 8 nitrogen and oxygen atoms in total. The molecule has 0 aromatic rings. The van der Waals surface area contributed by atoms with Gasteiger partial charge in [0.1, 0.15) is 0 Å². The van der Waals surface area contributed by atoms with Gasteiger partial charge in [-0.25, -0.2) is 4.79 Å². The smallest absolute Gasteiger partial charge is 0.315 e. The summed E-state index contributed by atoms with van der Waals surface area (Å²) in [6.07, 6.45) is 1.75. The number of nitrogens with one attached hydrogen (secondary N) is 3. The van der Waals surface area contributed by atoms with Crippen molar-refractivity contribution in [2.75, 3.05) is 26.8 Å². The Morgan fingerprint density at radius 2 is 2.00 bits per heavy atom. The Balaban J connectivity index is 2.20. The van der Waals surface area contributed by atoms with E-state index in [2.05, 4.69) is 16.0 Å². The molecule has 4 N–H and O–H groups in total. The molecule has 114 valence electrons.